The lowest BCUT2D eigenvalue weighted by Gasteiger charge is -2.30. The molecule has 1 aliphatic rings. The number of hydrogen-bond donors (Lipinski definition) is 0. The molecular formula is C15H29N. The third-order valence-corrected chi connectivity index (χ3v) is 2.79. The van der Waals surface area contributed by atoms with E-state index in [-0.39, 0.29) is 7.43 Å². The van der Waals surface area contributed by atoms with Crippen molar-refractivity contribution in [1.29, 1.82) is 0 Å². The van der Waals surface area contributed by atoms with Gasteiger partial charge < -0.3 is 4.90 Å². The molecule has 1 saturated heterocycles. The normalized spacial score (nSPS) is 18.1. The predicted octanol–water partition coefficient (Wildman–Crippen LogP) is 3.65. The quantitative estimate of drug-likeness (QED) is 0.646. The van der Waals surface area contributed by atoms with E-state index in [2.05, 4.69) is 44.4 Å². The van der Waals surface area contributed by atoms with Crippen molar-refractivity contribution in [2.75, 3.05) is 19.6 Å². The largest absolute Gasteiger partial charge is 0.303 e. The second kappa shape index (κ2) is 7.74. The Morgan fingerprint density at radius 1 is 1.12 bits per heavy atom. The lowest BCUT2D eigenvalue weighted by atomic mass is 9.96. The topological polar surface area (TPSA) is 3.24 Å². The molecule has 1 fully saturated rings. The Morgan fingerprint density at radius 3 is 2.12 bits per heavy atom. The van der Waals surface area contributed by atoms with Gasteiger partial charge >= 0.3 is 0 Å². The standard InChI is InChI=1S/C14H25N.CH4/c1-12(2)5-6-14-7-9-15(10-8-14)11-13(3)4;/h12-14H,7-11H2,1-4H3;1H4. The molecular weight excluding hydrogens is 194 g/mol. The number of nitrogens with zero attached hydrogens (tertiary/aromatic N) is 1. The summed E-state index contributed by atoms with van der Waals surface area (Å²) in [5.41, 5.74) is 0. The monoisotopic (exact) mass is 223 g/mol. The van der Waals surface area contributed by atoms with Gasteiger partial charge in [0.1, 0.15) is 0 Å². The van der Waals surface area contributed by atoms with Crippen molar-refractivity contribution in [3.05, 3.63) is 0 Å². The highest BCUT2D eigenvalue weighted by Gasteiger charge is 2.17. The minimum absolute atomic E-state index is 0. The van der Waals surface area contributed by atoms with Crippen LogP contribution < -0.4 is 0 Å². The Morgan fingerprint density at radius 2 is 1.69 bits per heavy atom. The van der Waals surface area contributed by atoms with Crippen LogP contribution in [0.4, 0.5) is 0 Å². The highest BCUT2D eigenvalue weighted by atomic mass is 15.1. The summed E-state index contributed by atoms with van der Waals surface area (Å²) in [5, 5.41) is 0. The molecule has 0 aromatic heterocycles. The van der Waals surface area contributed by atoms with Crippen LogP contribution in [0.2, 0.25) is 0 Å². The molecule has 0 radical (unpaired) electrons. The lowest BCUT2D eigenvalue weighted by Crippen LogP contribution is -2.35. The van der Waals surface area contributed by atoms with Gasteiger partial charge in [0.05, 0.1) is 0 Å². The van der Waals surface area contributed by atoms with E-state index >= 15 is 0 Å². The minimum atomic E-state index is 0. The summed E-state index contributed by atoms with van der Waals surface area (Å²) in [4.78, 5) is 2.58. The van der Waals surface area contributed by atoms with Gasteiger partial charge in [-0.1, -0.05) is 41.0 Å². The van der Waals surface area contributed by atoms with E-state index < -0.39 is 0 Å². The first kappa shape index (κ1) is 15.5. The molecule has 0 saturated carbocycles. The third-order valence-electron chi connectivity index (χ3n) is 2.79. The Kier molecular flexibility index (Phi) is 7.51. The van der Waals surface area contributed by atoms with Crippen molar-refractivity contribution in [2.24, 2.45) is 17.8 Å². The third kappa shape index (κ3) is 6.18. The van der Waals surface area contributed by atoms with E-state index in [0.717, 1.165) is 5.92 Å². The summed E-state index contributed by atoms with van der Waals surface area (Å²) in [6, 6.07) is 0. The van der Waals surface area contributed by atoms with Gasteiger partial charge in [-0.15, -0.1) is 5.92 Å². The van der Waals surface area contributed by atoms with Crippen molar-refractivity contribution >= 4 is 0 Å². The number of piperidine rings is 1. The molecule has 0 N–H and O–H groups in total. The van der Waals surface area contributed by atoms with Crippen LogP contribution in [-0.4, -0.2) is 24.5 Å². The maximum Gasteiger partial charge on any atom is 0.0227 e. The molecule has 0 bridgehead atoms. The molecule has 1 heteroatoms. The first-order valence-electron chi connectivity index (χ1n) is 6.31. The van der Waals surface area contributed by atoms with Crippen molar-refractivity contribution in [3.8, 4) is 11.8 Å². The lowest BCUT2D eigenvalue weighted by molar-refractivity contribution is 0.187. The van der Waals surface area contributed by atoms with Crippen LogP contribution in [0.3, 0.4) is 0 Å². The van der Waals surface area contributed by atoms with Crippen LogP contribution in [-0.2, 0) is 0 Å². The zero-order valence-corrected chi connectivity index (χ0v) is 10.7. The molecule has 0 aromatic rings. The SMILES string of the molecule is C.CC(C)C#CC1CCN(CC(C)C)CC1. The van der Waals surface area contributed by atoms with Gasteiger partial charge in [0.15, 0.2) is 0 Å². The fourth-order valence-electron chi connectivity index (χ4n) is 2.06. The van der Waals surface area contributed by atoms with Crippen LogP contribution in [0, 0.1) is 29.6 Å². The second-order valence-corrected chi connectivity index (χ2v) is 5.41. The van der Waals surface area contributed by atoms with Crippen LogP contribution >= 0.6 is 0 Å². The summed E-state index contributed by atoms with van der Waals surface area (Å²) in [5.74, 6) is 8.70. The molecule has 1 nitrogen and oxygen atoms in total. The molecule has 0 amide bonds. The Bertz CT molecular complexity index is 224. The van der Waals surface area contributed by atoms with Crippen LogP contribution in [0.1, 0.15) is 48.0 Å². The summed E-state index contributed by atoms with van der Waals surface area (Å²) < 4.78 is 0. The maximum absolute atomic E-state index is 3.42. The summed E-state index contributed by atoms with van der Waals surface area (Å²) in [6.45, 7) is 12.7. The van der Waals surface area contributed by atoms with Crippen LogP contribution in [0.15, 0.2) is 0 Å². The molecule has 0 atom stereocenters. The van der Waals surface area contributed by atoms with E-state index in [1.54, 1.807) is 0 Å². The molecule has 0 aliphatic carbocycles. The van der Waals surface area contributed by atoms with E-state index in [1.165, 1.54) is 32.5 Å². The molecule has 1 aliphatic heterocycles. The van der Waals surface area contributed by atoms with Crippen molar-refractivity contribution in [1.82, 2.24) is 4.90 Å². The average Bonchev–Trinajstić information content (AvgIpc) is 2.16. The van der Waals surface area contributed by atoms with Gasteiger partial charge in [0.25, 0.3) is 0 Å². The first-order valence-corrected chi connectivity index (χ1v) is 6.31. The predicted molar refractivity (Wildman–Crippen MR) is 73.3 cm³/mol. The fourth-order valence-corrected chi connectivity index (χ4v) is 2.06. The van der Waals surface area contributed by atoms with Gasteiger partial charge in [0, 0.05) is 18.4 Å². The molecule has 0 unspecified atom stereocenters. The van der Waals surface area contributed by atoms with E-state index in [9.17, 15) is 0 Å². The first-order chi connectivity index (χ1) is 7.08. The summed E-state index contributed by atoms with van der Waals surface area (Å²) in [6.07, 6.45) is 2.54. The van der Waals surface area contributed by atoms with Crippen molar-refractivity contribution in [3.63, 3.8) is 0 Å². The number of rotatable bonds is 2. The number of likely N-dealkylation sites (tertiary alicyclic amines) is 1. The van der Waals surface area contributed by atoms with Gasteiger partial charge in [-0.2, -0.15) is 0 Å². The van der Waals surface area contributed by atoms with E-state index in [4.69, 9.17) is 0 Å². The van der Waals surface area contributed by atoms with Crippen molar-refractivity contribution in [2.45, 2.75) is 48.0 Å². The van der Waals surface area contributed by atoms with E-state index in [1.807, 2.05) is 0 Å². The van der Waals surface area contributed by atoms with Gasteiger partial charge in [-0.05, 0) is 31.8 Å². The summed E-state index contributed by atoms with van der Waals surface area (Å²) in [7, 11) is 0. The molecule has 0 spiro atoms. The Balaban J connectivity index is 0.00000225. The van der Waals surface area contributed by atoms with Gasteiger partial charge in [-0.25, -0.2) is 0 Å². The van der Waals surface area contributed by atoms with Gasteiger partial charge in [0.2, 0.25) is 0 Å². The maximum atomic E-state index is 3.42. The average molecular weight is 223 g/mol. The van der Waals surface area contributed by atoms with Gasteiger partial charge in [-0.3, -0.25) is 0 Å². The minimum Gasteiger partial charge on any atom is -0.303 e. The highest BCUT2D eigenvalue weighted by Crippen LogP contribution is 2.17. The van der Waals surface area contributed by atoms with Crippen molar-refractivity contribution < 1.29 is 0 Å². The zero-order valence-electron chi connectivity index (χ0n) is 10.7. The Hall–Kier alpha value is -0.480. The molecule has 0 aromatic carbocycles. The summed E-state index contributed by atoms with van der Waals surface area (Å²) >= 11 is 0. The second-order valence-electron chi connectivity index (χ2n) is 5.41. The Labute approximate surface area is 103 Å². The number of hydrogen-bond acceptors (Lipinski definition) is 1. The van der Waals surface area contributed by atoms with E-state index in [0.29, 0.717) is 11.8 Å². The zero-order chi connectivity index (χ0) is 11.3. The molecule has 1 heterocycles. The molecule has 1 rings (SSSR count). The smallest absolute Gasteiger partial charge is 0.0227 e. The van der Waals surface area contributed by atoms with Crippen LogP contribution in [0.25, 0.3) is 0 Å². The van der Waals surface area contributed by atoms with Crippen LogP contribution in [0.5, 0.6) is 0 Å². The molecule has 94 valence electrons. The fraction of sp³-hybridized carbons (Fsp3) is 0.867. The highest BCUT2D eigenvalue weighted by molar-refractivity contribution is 5.06. The molecule has 16 heavy (non-hydrogen) atoms.